The van der Waals surface area contributed by atoms with Gasteiger partial charge in [-0.3, -0.25) is 0 Å². The van der Waals surface area contributed by atoms with Crippen LogP contribution in [0, 0.1) is 17.2 Å². The van der Waals surface area contributed by atoms with Crippen LogP contribution in [0.5, 0.6) is 5.75 Å². The summed E-state index contributed by atoms with van der Waals surface area (Å²) in [6, 6.07) is 8.18. The molecule has 1 aliphatic rings. The molecule has 0 N–H and O–H groups in total. The summed E-state index contributed by atoms with van der Waals surface area (Å²) in [6.07, 6.45) is 8.37. The van der Waals surface area contributed by atoms with Crippen LogP contribution < -0.4 is 4.74 Å². The molecule has 19 heavy (non-hydrogen) atoms. The van der Waals surface area contributed by atoms with Crippen molar-refractivity contribution >= 4 is 11.8 Å². The first-order valence-electron chi connectivity index (χ1n) is 7.04. The highest BCUT2D eigenvalue weighted by molar-refractivity contribution is 7.98. The molecule has 2 nitrogen and oxygen atoms in total. The summed E-state index contributed by atoms with van der Waals surface area (Å²) < 4.78 is 6.19. The fourth-order valence-corrected chi connectivity index (χ4v) is 3.41. The zero-order valence-corrected chi connectivity index (χ0v) is 12.5. The molecule has 1 fully saturated rings. The van der Waals surface area contributed by atoms with Gasteiger partial charge in [-0.05, 0) is 50.0 Å². The van der Waals surface area contributed by atoms with Crippen LogP contribution in [-0.4, -0.2) is 12.4 Å². The maximum Gasteiger partial charge on any atom is 0.138 e. The van der Waals surface area contributed by atoms with Crippen molar-refractivity contribution in [2.24, 2.45) is 5.92 Å². The van der Waals surface area contributed by atoms with Gasteiger partial charge in [-0.15, -0.1) is 11.8 Å². The van der Waals surface area contributed by atoms with E-state index in [1.165, 1.54) is 19.3 Å². The molecule has 0 radical (unpaired) electrons. The van der Waals surface area contributed by atoms with Crippen molar-refractivity contribution in [3.63, 3.8) is 0 Å². The van der Waals surface area contributed by atoms with E-state index in [4.69, 9.17) is 4.74 Å². The molecular formula is C16H21NOS. The van der Waals surface area contributed by atoms with Crippen LogP contribution in [0.1, 0.15) is 44.6 Å². The quantitative estimate of drug-likeness (QED) is 0.751. The molecule has 0 aliphatic heterocycles. The molecule has 2 atom stereocenters. The summed E-state index contributed by atoms with van der Waals surface area (Å²) in [5, 5.41) is 9.34. The number of benzene rings is 1. The maximum absolute atomic E-state index is 9.34. The van der Waals surface area contributed by atoms with Gasteiger partial charge >= 0.3 is 0 Å². The first-order chi connectivity index (χ1) is 9.30. The van der Waals surface area contributed by atoms with Gasteiger partial charge in [0.1, 0.15) is 23.5 Å². The fourth-order valence-electron chi connectivity index (χ4n) is 2.85. The van der Waals surface area contributed by atoms with Gasteiger partial charge in [-0.25, -0.2) is 0 Å². The first-order valence-corrected chi connectivity index (χ1v) is 8.26. The van der Waals surface area contributed by atoms with Crippen LogP contribution >= 0.6 is 11.8 Å². The monoisotopic (exact) mass is 275 g/mol. The fraction of sp³-hybridized carbons (Fsp3) is 0.562. The van der Waals surface area contributed by atoms with Crippen molar-refractivity contribution in [2.45, 2.75) is 50.0 Å². The van der Waals surface area contributed by atoms with Crippen LogP contribution in [-0.2, 0) is 0 Å². The Hall–Kier alpha value is -1.14. The molecule has 0 amide bonds. The Balaban J connectivity index is 2.20. The second-order valence-corrected chi connectivity index (χ2v) is 5.90. The summed E-state index contributed by atoms with van der Waals surface area (Å²) in [5.41, 5.74) is 0.690. The van der Waals surface area contributed by atoms with Gasteiger partial charge in [0, 0.05) is 4.90 Å². The van der Waals surface area contributed by atoms with E-state index in [0.29, 0.717) is 11.5 Å². The maximum atomic E-state index is 9.34. The van der Waals surface area contributed by atoms with Gasteiger partial charge < -0.3 is 4.74 Å². The predicted octanol–water partition coefficient (Wildman–Crippen LogP) is 4.63. The molecule has 0 saturated heterocycles. The number of hydrogen-bond donors (Lipinski definition) is 0. The minimum absolute atomic E-state index is 0.281. The molecule has 1 aromatic carbocycles. The largest absolute Gasteiger partial charge is 0.489 e. The van der Waals surface area contributed by atoms with Crippen molar-refractivity contribution in [2.75, 3.05) is 6.26 Å². The molecule has 1 aliphatic carbocycles. The van der Waals surface area contributed by atoms with Crippen LogP contribution in [0.15, 0.2) is 23.1 Å². The van der Waals surface area contributed by atoms with E-state index < -0.39 is 0 Å². The van der Waals surface area contributed by atoms with Crippen LogP contribution in [0.25, 0.3) is 0 Å². The number of ether oxygens (including phenoxy) is 1. The number of rotatable bonds is 4. The Labute approximate surface area is 120 Å². The Morgan fingerprint density at radius 1 is 1.37 bits per heavy atom. The first kappa shape index (κ1) is 14.3. The Bertz CT molecular complexity index is 466. The third-order valence-corrected chi connectivity index (χ3v) is 4.74. The van der Waals surface area contributed by atoms with Gasteiger partial charge in [-0.2, -0.15) is 5.26 Å². The summed E-state index contributed by atoms with van der Waals surface area (Å²) in [7, 11) is 0. The molecule has 0 bridgehead atoms. The molecular weight excluding hydrogens is 254 g/mol. The van der Waals surface area contributed by atoms with Gasteiger partial charge in [0.2, 0.25) is 0 Å². The van der Waals surface area contributed by atoms with Crippen LogP contribution in [0.2, 0.25) is 0 Å². The normalized spacial score (nSPS) is 22.8. The molecule has 0 spiro atoms. The van der Waals surface area contributed by atoms with E-state index in [-0.39, 0.29) is 6.10 Å². The summed E-state index contributed by atoms with van der Waals surface area (Å²) in [5.74, 6) is 1.40. The van der Waals surface area contributed by atoms with E-state index in [1.54, 1.807) is 11.8 Å². The number of nitriles is 1. The molecule has 3 heteroatoms. The molecule has 2 unspecified atom stereocenters. The molecule has 1 aromatic rings. The Morgan fingerprint density at radius 2 is 2.16 bits per heavy atom. The van der Waals surface area contributed by atoms with Crippen molar-refractivity contribution in [3.05, 3.63) is 23.8 Å². The Morgan fingerprint density at radius 3 is 2.84 bits per heavy atom. The average Bonchev–Trinajstić information content (AvgIpc) is 2.47. The minimum Gasteiger partial charge on any atom is -0.489 e. The van der Waals surface area contributed by atoms with Crippen molar-refractivity contribution < 1.29 is 4.74 Å². The molecule has 102 valence electrons. The summed E-state index contributed by atoms with van der Waals surface area (Å²) in [4.78, 5) is 1.00. The third kappa shape index (κ3) is 3.25. The second-order valence-electron chi connectivity index (χ2n) is 5.05. The van der Waals surface area contributed by atoms with Gasteiger partial charge in [0.25, 0.3) is 0 Å². The van der Waals surface area contributed by atoms with Gasteiger partial charge in [-0.1, -0.05) is 19.4 Å². The van der Waals surface area contributed by atoms with Crippen LogP contribution in [0.3, 0.4) is 0 Å². The van der Waals surface area contributed by atoms with Crippen molar-refractivity contribution in [1.29, 1.82) is 5.26 Å². The van der Waals surface area contributed by atoms with Gasteiger partial charge in [0.05, 0.1) is 0 Å². The van der Waals surface area contributed by atoms with Crippen LogP contribution in [0.4, 0.5) is 0 Å². The number of hydrogen-bond acceptors (Lipinski definition) is 3. The second kappa shape index (κ2) is 6.86. The SMILES string of the molecule is CCC1CCCCC1Oc1cccc(SC)c1C#N. The average molecular weight is 275 g/mol. The zero-order valence-electron chi connectivity index (χ0n) is 11.7. The smallest absolute Gasteiger partial charge is 0.138 e. The zero-order chi connectivity index (χ0) is 13.7. The highest BCUT2D eigenvalue weighted by Gasteiger charge is 2.26. The van der Waals surface area contributed by atoms with E-state index in [2.05, 4.69) is 13.0 Å². The molecule has 0 heterocycles. The highest BCUT2D eigenvalue weighted by atomic mass is 32.2. The summed E-state index contributed by atoms with van der Waals surface area (Å²) in [6.45, 7) is 2.23. The molecule has 2 rings (SSSR count). The number of thioether (sulfide) groups is 1. The number of nitrogens with zero attached hydrogens (tertiary/aromatic N) is 1. The Kier molecular flexibility index (Phi) is 5.15. The highest BCUT2D eigenvalue weighted by Crippen LogP contribution is 2.34. The van der Waals surface area contributed by atoms with Crippen molar-refractivity contribution in [3.8, 4) is 11.8 Å². The third-order valence-electron chi connectivity index (χ3n) is 3.96. The minimum atomic E-state index is 0.281. The molecule has 0 aromatic heterocycles. The summed E-state index contributed by atoms with van der Waals surface area (Å²) >= 11 is 1.60. The predicted molar refractivity (Wildman–Crippen MR) is 79.6 cm³/mol. The molecule has 1 saturated carbocycles. The van der Waals surface area contributed by atoms with Crippen molar-refractivity contribution in [1.82, 2.24) is 0 Å². The van der Waals surface area contributed by atoms with E-state index in [9.17, 15) is 5.26 Å². The lowest BCUT2D eigenvalue weighted by molar-refractivity contribution is 0.0898. The van der Waals surface area contributed by atoms with E-state index in [0.717, 1.165) is 23.5 Å². The lowest BCUT2D eigenvalue weighted by Crippen LogP contribution is -2.30. The lowest BCUT2D eigenvalue weighted by atomic mass is 9.84. The van der Waals surface area contributed by atoms with E-state index in [1.807, 2.05) is 24.5 Å². The topological polar surface area (TPSA) is 33.0 Å². The van der Waals surface area contributed by atoms with E-state index >= 15 is 0 Å². The van der Waals surface area contributed by atoms with Gasteiger partial charge in [0.15, 0.2) is 0 Å². The standard InChI is InChI=1S/C16H21NOS/c1-3-12-7-4-5-8-14(12)18-15-9-6-10-16(19-2)13(15)11-17/h6,9-10,12,14H,3-5,7-8H2,1-2H3. The lowest BCUT2D eigenvalue weighted by Gasteiger charge is -2.31.